The number of nitrogens with zero attached hydrogens (tertiary/aromatic N) is 4. The summed E-state index contributed by atoms with van der Waals surface area (Å²) in [4.78, 5) is 39.5. The Morgan fingerprint density at radius 3 is 2.36 bits per heavy atom. The lowest BCUT2D eigenvalue weighted by molar-refractivity contribution is 0.0529. The van der Waals surface area contributed by atoms with E-state index in [0.717, 1.165) is 10.9 Å². The Morgan fingerprint density at radius 1 is 0.960 bits per heavy atom. The van der Waals surface area contributed by atoms with Crippen molar-refractivity contribution in [3.63, 3.8) is 0 Å². The first kappa shape index (κ1) is 15.3. The molecule has 1 aromatic carbocycles. The summed E-state index contributed by atoms with van der Waals surface area (Å²) in [7, 11) is 0. The van der Waals surface area contributed by atoms with Crippen molar-refractivity contribution >= 4 is 22.7 Å². The van der Waals surface area contributed by atoms with Gasteiger partial charge < -0.3 is 14.8 Å². The van der Waals surface area contributed by atoms with Crippen LogP contribution in [0.2, 0.25) is 0 Å². The third-order valence-corrected chi connectivity index (χ3v) is 4.42. The van der Waals surface area contributed by atoms with E-state index in [1.54, 1.807) is 22.1 Å². The molecule has 7 heteroatoms. The predicted molar refractivity (Wildman–Crippen MR) is 92.1 cm³/mol. The maximum absolute atomic E-state index is 12.7. The van der Waals surface area contributed by atoms with Crippen LogP contribution >= 0.6 is 0 Å². The number of hydrogen-bond donors (Lipinski definition) is 1. The largest absolute Gasteiger partial charge is 0.351 e. The van der Waals surface area contributed by atoms with Crippen LogP contribution in [0.1, 0.15) is 21.0 Å². The Hall–Kier alpha value is -3.22. The number of aromatic nitrogens is 3. The molecule has 0 unspecified atom stereocenters. The topological polar surface area (TPSA) is 82.2 Å². The van der Waals surface area contributed by atoms with Gasteiger partial charge in [0.25, 0.3) is 11.8 Å². The van der Waals surface area contributed by atoms with Gasteiger partial charge in [0.15, 0.2) is 0 Å². The molecule has 0 radical (unpaired) electrons. The number of piperazine rings is 1. The van der Waals surface area contributed by atoms with Crippen LogP contribution in [-0.4, -0.2) is 62.7 Å². The number of carbonyl (C=O) groups excluding carboxylic acids is 2. The van der Waals surface area contributed by atoms with E-state index in [4.69, 9.17) is 0 Å². The number of rotatable bonds is 2. The van der Waals surface area contributed by atoms with Gasteiger partial charge in [-0.2, -0.15) is 0 Å². The van der Waals surface area contributed by atoms with Gasteiger partial charge in [-0.05, 0) is 18.2 Å². The average Bonchev–Trinajstić information content (AvgIpc) is 3.12. The van der Waals surface area contributed by atoms with E-state index < -0.39 is 0 Å². The molecular formula is C18H17N5O2. The maximum Gasteiger partial charge on any atom is 0.272 e. The first-order chi connectivity index (χ1) is 12.2. The van der Waals surface area contributed by atoms with Gasteiger partial charge in [-0.3, -0.25) is 9.59 Å². The number of hydrogen-bond acceptors (Lipinski definition) is 4. The summed E-state index contributed by atoms with van der Waals surface area (Å²) in [5, 5.41) is 1.02. The van der Waals surface area contributed by atoms with Crippen molar-refractivity contribution < 1.29 is 9.59 Å². The third kappa shape index (κ3) is 2.96. The average molecular weight is 335 g/mol. The van der Waals surface area contributed by atoms with Crippen LogP contribution < -0.4 is 0 Å². The number of benzene rings is 1. The van der Waals surface area contributed by atoms with Crippen molar-refractivity contribution in [3.8, 4) is 0 Å². The summed E-state index contributed by atoms with van der Waals surface area (Å²) < 4.78 is 0. The zero-order valence-corrected chi connectivity index (χ0v) is 13.6. The predicted octanol–water partition coefficient (Wildman–Crippen LogP) is 1.56. The minimum atomic E-state index is -0.125. The summed E-state index contributed by atoms with van der Waals surface area (Å²) in [5.74, 6) is -0.162. The first-order valence-electron chi connectivity index (χ1n) is 8.15. The fourth-order valence-corrected chi connectivity index (χ4v) is 3.05. The summed E-state index contributed by atoms with van der Waals surface area (Å²) in [6.07, 6.45) is 2.92. The lowest BCUT2D eigenvalue weighted by Crippen LogP contribution is -2.50. The fraction of sp³-hybridized carbons (Fsp3) is 0.222. The van der Waals surface area contributed by atoms with Crippen LogP contribution in [0.25, 0.3) is 10.9 Å². The monoisotopic (exact) mass is 335 g/mol. The van der Waals surface area contributed by atoms with Crippen molar-refractivity contribution in [2.45, 2.75) is 0 Å². The second-order valence-corrected chi connectivity index (χ2v) is 5.95. The Bertz CT molecular complexity index is 880. The Kier molecular flexibility index (Phi) is 3.89. The van der Waals surface area contributed by atoms with Gasteiger partial charge in [-0.25, -0.2) is 9.97 Å². The van der Waals surface area contributed by atoms with Crippen molar-refractivity contribution in [1.82, 2.24) is 24.8 Å². The van der Waals surface area contributed by atoms with E-state index in [0.29, 0.717) is 37.6 Å². The van der Waals surface area contributed by atoms with Crippen LogP contribution in [0.5, 0.6) is 0 Å². The molecule has 7 nitrogen and oxygen atoms in total. The van der Waals surface area contributed by atoms with Gasteiger partial charge in [-0.1, -0.05) is 18.2 Å². The minimum absolute atomic E-state index is 0.0367. The highest BCUT2D eigenvalue weighted by Crippen LogP contribution is 2.17. The number of H-pyrrole nitrogens is 1. The second-order valence-electron chi connectivity index (χ2n) is 5.95. The SMILES string of the molecule is O=C(c1ccncn1)N1CCN(C(=O)c2cc3ccccc3[nH]2)CC1. The number of nitrogens with one attached hydrogen (secondary N) is 1. The minimum Gasteiger partial charge on any atom is -0.351 e. The quantitative estimate of drug-likeness (QED) is 0.770. The van der Waals surface area contributed by atoms with E-state index in [1.807, 2.05) is 30.3 Å². The van der Waals surface area contributed by atoms with Crippen LogP contribution in [0, 0.1) is 0 Å². The molecule has 3 heterocycles. The molecule has 126 valence electrons. The van der Waals surface area contributed by atoms with Crippen molar-refractivity contribution in [2.24, 2.45) is 0 Å². The maximum atomic E-state index is 12.7. The highest BCUT2D eigenvalue weighted by molar-refractivity contribution is 5.98. The number of para-hydroxylation sites is 1. The molecule has 0 spiro atoms. The number of carbonyl (C=O) groups is 2. The smallest absolute Gasteiger partial charge is 0.272 e. The summed E-state index contributed by atoms with van der Waals surface area (Å²) >= 11 is 0. The van der Waals surface area contributed by atoms with Crippen molar-refractivity contribution in [2.75, 3.05) is 26.2 Å². The molecule has 0 saturated carbocycles. The standard InChI is InChI=1S/C18H17N5O2/c24-17(15-5-6-19-12-20-15)22-7-9-23(10-8-22)18(25)16-11-13-3-1-2-4-14(13)21-16/h1-6,11-12,21H,7-10H2. The third-order valence-electron chi connectivity index (χ3n) is 4.42. The van der Waals surface area contributed by atoms with E-state index in [1.165, 1.54) is 6.33 Å². The lowest BCUT2D eigenvalue weighted by Gasteiger charge is -2.34. The molecular weight excluding hydrogens is 318 g/mol. The number of aromatic amines is 1. The number of amides is 2. The Morgan fingerprint density at radius 2 is 1.68 bits per heavy atom. The molecule has 1 aliphatic heterocycles. The molecule has 2 aromatic heterocycles. The molecule has 1 fully saturated rings. The van der Waals surface area contributed by atoms with Gasteiger partial charge in [0.05, 0.1) is 0 Å². The van der Waals surface area contributed by atoms with E-state index in [2.05, 4.69) is 15.0 Å². The first-order valence-corrected chi connectivity index (χ1v) is 8.15. The molecule has 0 aliphatic carbocycles. The fourth-order valence-electron chi connectivity index (χ4n) is 3.05. The van der Waals surface area contributed by atoms with Crippen LogP contribution in [0.3, 0.4) is 0 Å². The van der Waals surface area contributed by atoms with Gasteiger partial charge in [0.1, 0.15) is 17.7 Å². The molecule has 0 atom stereocenters. The molecule has 25 heavy (non-hydrogen) atoms. The molecule has 4 rings (SSSR count). The van der Waals surface area contributed by atoms with Crippen LogP contribution in [-0.2, 0) is 0 Å². The molecule has 3 aromatic rings. The van der Waals surface area contributed by atoms with Crippen molar-refractivity contribution in [1.29, 1.82) is 0 Å². The summed E-state index contributed by atoms with van der Waals surface area (Å²) in [6, 6.07) is 11.3. The molecule has 0 bridgehead atoms. The van der Waals surface area contributed by atoms with E-state index in [-0.39, 0.29) is 11.8 Å². The summed E-state index contributed by atoms with van der Waals surface area (Å²) in [6.45, 7) is 2.00. The zero-order chi connectivity index (χ0) is 17.2. The highest BCUT2D eigenvalue weighted by atomic mass is 16.2. The molecule has 1 N–H and O–H groups in total. The van der Waals surface area contributed by atoms with Crippen LogP contribution in [0.15, 0.2) is 48.9 Å². The van der Waals surface area contributed by atoms with E-state index in [9.17, 15) is 9.59 Å². The van der Waals surface area contributed by atoms with Crippen LogP contribution in [0.4, 0.5) is 0 Å². The van der Waals surface area contributed by atoms with Gasteiger partial charge >= 0.3 is 0 Å². The second kappa shape index (κ2) is 6.35. The summed E-state index contributed by atoms with van der Waals surface area (Å²) in [5.41, 5.74) is 1.91. The molecule has 1 aliphatic rings. The number of fused-ring (bicyclic) bond motifs is 1. The normalized spacial score (nSPS) is 14.7. The van der Waals surface area contributed by atoms with E-state index >= 15 is 0 Å². The zero-order valence-electron chi connectivity index (χ0n) is 13.6. The highest BCUT2D eigenvalue weighted by Gasteiger charge is 2.26. The Labute approximate surface area is 144 Å². The van der Waals surface area contributed by atoms with Gasteiger partial charge in [0.2, 0.25) is 0 Å². The molecule has 2 amide bonds. The van der Waals surface area contributed by atoms with Crippen molar-refractivity contribution in [3.05, 3.63) is 60.3 Å². The lowest BCUT2D eigenvalue weighted by atomic mass is 10.2. The molecule has 1 saturated heterocycles. The van der Waals surface area contributed by atoms with Gasteiger partial charge in [0, 0.05) is 43.3 Å². The Balaban J connectivity index is 1.43. The van der Waals surface area contributed by atoms with Gasteiger partial charge in [-0.15, -0.1) is 0 Å².